The fourth-order valence-electron chi connectivity index (χ4n) is 4.42. The van der Waals surface area contributed by atoms with Crippen molar-refractivity contribution in [1.82, 2.24) is 19.7 Å². The first-order chi connectivity index (χ1) is 17.3. The van der Waals surface area contributed by atoms with Crippen LogP contribution in [0, 0.1) is 6.92 Å². The summed E-state index contributed by atoms with van der Waals surface area (Å²) in [4.78, 5) is 20.7. The van der Waals surface area contributed by atoms with Gasteiger partial charge in [-0.3, -0.25) is 4.79 Å². The minimum atomic E-state index is -0.695. The molecule has 4 rings (SSSR count). The molecule has 1 unspecified atom stereocenters. The van der Waals surface area contributed by atoms with E-state index >= 15 is 0 Å². The van der Waals surface area contributed by atoms with Crippen molar-refractivity contribution < 1.29 is 14.6 Å². The maximum atomic E-state index is 14.1. The molecule has 0 aliphatic carbocycles. The van der Waals surface area contributed by atoms with E-state index < -0.39 is 6.10 Å². The minimum absolute atomic E-state index is 0.0803. The summed E-state index contributed by atoms with van der Waals surface area (Å²) >= 11 is 0. The van der Waals surface area contributed by atoms with E-state index in [2.05, 4.69) is 5.10 Å². The molecule has 1 N–H and O–H groups in total. The highest BCUT2D eigenvalue weighted by Crippen LogP contribution is 2.30. The molecular weight excluding hydrogens is 452 g/mol. The van der Waals surface area contributed by atoms with Crippen molar-refractivity contribution in [2.45, 2.75) is 53.3 Å². The summed E-state index contributed by atoms with van der Waals surface area (Å²) in [7, 11) is 0. The molecule has 0 saturated heterocycles. The standard InChI is InChI=1S/C29H34N4O3/c1-6-36-27-14-10-8-12-22(27)18-32(17-21(5)34)29(35)24-15-26(23-13-9-7-11-20(23)4)31-28-25(24)16-30-33(28)19(2)3/h7-16,19,21,34H,6,17-18H2,1-5H3. The lowest BCUT2D eigenvalue weighted by molar-refractivity contribution is 0.0630. The number of hydrogen-bond donors (Lipinski definition) is 1. The average molecular weight is 487 g/mol. The number of aryl methyl sites for hydroxylation is 1. The molecule has 1 amide bonds. The molecule has 2 aromatic carbocycles. The van der Waals surface area contributed by atoms with E-state index in [1.807, 2.05) is 87.0 Å². The second-order valence-corrected chi connectivity index (χ2v) is 9.37. The molecule has 4 aromatic rings. The Morgan fingerprint density at radius 2 is 1.83 bits per heavy atom. The Bertz CT molecular complexity index is 1360. The zero-order valence-electron chi connectivity index (χ0n) is 21.6. The van der Waals surface area contributed by atoms with E-state index in [4.69, 9.17) is 9.72 Å². The van der Waals surface area contributed by atoms with Gasteiger partial charge in [0.1, 0.15) is 5.75 Å². The van der Waals surface area contributed by atoms with Crippen LogP contribution in [0.2, 0.25) is 0 Å². The van der Waals surface area contributed by atoms with Crippen molar-refractivity contribution in [3.05, 3.63) is 77.5 Å². The molecule has 7 heteroatoms. The number of aliphatic hydroxyl groups is 1. The fraction of sp³-hybridized carbons (Fsp3) is 0.345. The minimum Gasteiger partial charge on any atom is -0.494 e. The van der Waals surface area contributed by atoms with Crippen molar-refractivity contribution >= 4 is 16.9 Å². The van der Waals surface area contributed by atoms with E-state index in [1.165, 1.54) is 0 Å². The van der Waals surface area contributed by atoms with Gasteiger partial charge in [-0.1, -0.05) is 42.5 Å². The van der Waals surface area contributed by atoms with E-state index in [0.717, 1.165) is 28.1 Å². The van der Waals surface area contributed by atoms with E-state index in [1.54, 1.807) is 18.0 Å². The topological polar surface area (TPSA) is 80.5 Å². The summed E-state index contributed by atoms with van der Waals surface area (Å²) in [6.07, 6.45) is 1.02. The van der Waals surface area contributed by atoms with Crippen LogP contribution in [0.4, 0.5) is 0 Å². The van der Waals surface area contributed by atoms with Crippen molar-refractivity contribution in [2.24, 2.45) is 0 Å². The molecule has 0 radical (unpaired) electrons. The lowest BCUT2D eigenvalue weighted by Gasteiger charge is -2.26. The number of aromatic nitrogens is 3. The second-order valence-electron chi connectivity index (χ2n) is 9.37. The van der Waals surface area contributed by atoms with Gasteiger partial charge in [0, 0.05) is 30.3 Å². The summed E-state index contributed by atoms with van der Waals surface area (Å²) in [6.45, 7) is 10.8. The Morgan fingerprint density at radius 3 is 2.53 bits per heavy atom. The van der Waals surface area contributed by atoms with Crippen LogP contribution in [0.15, 0.2) is 60.8 Å². The van der Waals surface area contributed by atoms with Gasteiger partial charge < -0.3 is 14.7 Å². The van der Waals surface area contributed by atoms with Crippen LogP contribution in [-0.4, -0.2) is 49.9 Å². The number of aliphatic hydroxyl groups excluding tert-OH is 1. The summed E-state index contributed by atoms with van der Waals surface area (Å²) in [6, 6.07) is 17.6. The number of hydrogen-bond acceptors (Lipinski definition) is 5. The lowest BCUT2D eigenvalue weighted by Crippen LogP contribution is -2.36. The van der Waals surface area contributed by atoms with Crippen LogP contribution < -0.4 is 4.74 Å². The zero-order valence-corrected chi connectivity index (χ0v) is 21.6. The molecule has 2 heterocycles. The first-order valence-electron chi connectivity index (χ1n) is 12.4. The third kappa shape index (κ3) is 5.26. The van der Waals surface area contributed by atoms with Crippen LogP contribution in [0.3, 0.4) is 0 Å². The molecule has 188 valence electrons. The second kappa shape index (κ2) is 10.9. The Labute approximate surface area is 212 Å². The van der Waals surface area contributed by atoms with Crippen LogP contribution in [-0.2, 0) is 6.54 Å². The number of carbonyl (C=O) groups is 1. The summed E-state index contributed by atoms with van der Waals surface area (Å²) in [5.41, 5.74) is 4.83. The Balaban J connectivity index is 1.85. The first kappa shape index (κ1) is 25.4. The number of nitrogens with zero attached hydrogens (tertiary/aromatic N) is 4. The molecule has 0 aliphatic rings. The monoisotopic (exact) mass is 486 g/mol. The number of rotatable bonds is 9. The van der Waals surface area contributed by atoms with Crippen molar-refractivity contribution in [1.29, 1.82) is 0 Å². The molecule has 0 spiro atoms. The molecule has 1 atom stereocenters. The van der Waals surface area contributed by atoms with Gasteiger partial charge in [-0.25, -0.2) is 9.67 Å². The SMILES string of the molecule is CCOc1ccccc1CN(CC(C)O)C(=O)c1cc(-c2ccccc2C)nc2c1cnn2C(C)C. The normalized spacial score (nSPS) is 12.2. The summed E-state index contributed by atoms with van der Waals surface area (Å²) in [5.74, 6) is 0.546. The van der Waals surface area contributed by atoms with Crippen LogP contribution in [0.1, 0.15) is 55.2 Å². The maximum Gasteiger partial charge on any atom is 0.255 e. The van der Waals surface area contributed by atoms with Gasteiger partial charge in [-0.15, -0.1) is 0 Å². The van der Waals surface area contributed by atoms with Crippen molar-refractivity contribution in [3.63, 3.8) is 0 Å². The fourth-order valence-corrected chi connectivity index (χ4v) is 4.42. The van der Waals surface area contributed by atoms with Crippen LogP contribution in [0.25, 0.3) is 22.3 Å². The lowest BCUT2D eigenvalue weighted by atomic mass is 10.0. The zero-order chi connectivity index (χ0) is 25.8. The Morgan fingerprint density at radius 1 is 1.11 bits per heavy atom. The van der Waals surface area contributed by atoms with Crippen LogP contribution in [0.5, 0.6) is 5.75 Å². The number of amides is 1. The molecule has 2 aromatic heterocycles. The molecule has 36 heavy (non-hydrogen) atoms. The van der Waals surface area contributed by atoms with E-state index in [9.17, 15) is 9.90 Å². The molecule has 0 saturated carbocycles. The third-order valence-corrected chi connectivity index (χ3v) is 6.11. The van der Waals surface area contributed by atoms with Gasteiger partial charge >= 0.3 is 0 Å². The average Bonchev–Trinajstić information content (AvgIpc) is 3.28. The largest absolute Gasteiger partial charge is 0.494 e. The predicted octanol–water partition coefficient (Wildman–Crippen LogP) is 5.41. The number of fused-ring (bicyclic) bond motifs is 1. The highest BCUT2D eigenvalue weighted by atomic mass is 16.5. The maximum absolute atomic E-state index is 14.1. The van der Waals surface area contributed by atoms with Gasteiger partial charge in [0.2, 0.25) is 0 Å². The van der Waals surface area contributed by atoms with Gasteiger partial charge in [0.25, 0.3) is 5.91 Å². The quantitative estimate of drug-likeness (QED) is 0.342. The van der Waals surface area contributed by atoms with Crippen molar-refractivity contribution in [2.75, 3.05) is 13.2 Å². The number of benzene rings is 2. The predicted molar refractivity (Wildman–Crippen MR) is 142 cm³/mol. The number of carbonyl (C=O) groups excluding carboxylic acids is 1. The van der Waals surface area contributed by atoms with E-state index in [0.29, 0.717) is 29.7 Å². The molecule has 7 nitrogen and oxygen atoms in total. The van der Waals surface area contributed by atoms with Crippen molar-refractivity contribution in [3.8, 4) is 17.0 Å². The molecule has 0 bridgehead atoms. The van der Waals surface area contributed by atoms with Gasteiger partial charge in [-0.05, 0) is 52.3 Å². The highest BCUT2D eigenvalue weighted by molar-refractivity contribution is 6.06. The molecule has 0 fully saturated rings. The highest BCUT2D eigenvalue weighted by Gasteiger charge is 2.25. The van der Waals surface area contributed by atoms with Gasteiger partial charge in [0.15, 0.2) is 5.65 Å². The van der Waals surface area contributed by atoms with Gasteiger partial charge in [0.05, 0.1) is 35.6 Å². The van der Waals surface area contributed by atoms with E-state index in [-0.39, 0.29) is 18.5 Å². The summed E-state index contributed by atoms with van der Waals surface area (Å²) < 4.78 is 7.64. The molecular formula is C29H34N4O3. The third-order valence-electron chi connectivity index (χ3n) is 6.11. The summed E-state index contributed by atoms with van der Waals surface area (Å²) in [5, 5.41) is 15.5. The number of ether oxygens (including phenoxy) is 1. The van der Waals surface area contributed by atoms with Gasteiger partial charge in [-0.2, -0.15) is 5.10 Å². The first-order valence-corrected chi connectivity index (χ1v) is 12.4. The van der Waals surface area contributed by atoms with Crippen LogP contribution >= 0.6 is 0 Å². The Kier molecular flexibility index (Phi) is 7.70. The number of para-hydroxylation sites is 1. The Hall–Kier alpha value is -3.71. The molecule has 0 aliphatic heterocycles. The smallest absolute Gasteiger partial charge is 0.255 e. The number of pyridine rings is 1.